The molecule has 2 N–H and O–H groups in total. The fourth-order valence-corrected chi connectivity index (χ4v) is 0.878. The minimum Gasteiger partial charge on any atom is -0.481 e. The zero-order valence-electron chi connectivity index (χ0n) is 8.62. The number of carboxylic acids is 1. The van der Waals surface area contributed by atoms with Crippen molar-refractivity contribution in [3.63, 3.8) is 0 Å². The van der Waals surface area contributed by atoms with Crippen molar-refractivity contribution in [3.8, 4) is 0 Å². The van der Waals surface area contributed by atoms with Gasteiger partial charge in [-0.25, -0.2) is 0 Å². The van der Waals surface area contributed by atoms with Gasteiger partial charge in [0, 0.05) is 20.1 Å². The first-order valence-electron chi connectivity index (χ1n) is 4.76. The number of hydrogen-bond donors (Lipinski definition) is 2. The third-order valence-corrected chi connectivity index (χ3v) is 1.60. The normalized spacial score (nSPS) is 10.4. The minimum atomic E-state index is -0.747. The highest BCUT2D eigenvalue weighted by Gasteiger charge is 1.95. The van der Waals surface area contributed by atoms with Gasteiger partial charge in [0.05, 0.1) is 19.8 Å². The van der Waals surface area contributed by atoms with Gasteiger partial charge in [-0.1, -0.05) is 0 Å². The molecule has 0 saturated carbocycles. The lowest BCUT2D eigenvalue weighted by Crippen LogP contribution is -2.22. The average Bonchev–Trinajstić information content (AvgIpc) is 2.15. The SMILES string of the molecule is COCCOCCNCCCC(=O)O. The topological polar surface area (TPSA) is 67.8 Å². The Balaban J connectivity index is 2.88. The van der Waals surface area contributed by atoms with E-state index in [1.54, 1.807) is 7.11 Å². The first-order valence-corrected chi connectivity index (χ1v) is 4.76. The quantitative estimate of drug-likeness (QED) is 0.495. The molecule has 0 aliphatic carbocycles. The van der Waals surface area contributed by atoms with Gasteiger partial charge in [-0.2, -0.15) is 0 Å². The Labute approximate surface area is 84.4 Å². The Morgan fingerprint density at radius 3 is 2.71 bits per heavy atom. The van der Waals surface area contributed by atoms with Crippen LogP contribution in [0.4, 0.5) is 0 Å². The first kappa shape index (κ1) is 13.4. The van der Waals surface area contributed by atoms with Crippen molar-refractivity contribution in [1.29, 1.82) is 0 Å². The highest BCUT2D eigenvalue weighted by atomic mass is 16.5. The van der Waals surface area contributed by atoms with Crippen LogP contribution in [0.5, 0.6) is 0 Å². The van der Waals surface area contributed by atoms with Crippen molar-refractivity contribution in [2.75, 3.05) is 40.0 Å². The van der Waals surface area contributed by atoms with Gasteiger partial charge in [-0.05, 0) is 13.0 Å². The number of aliphatic carboxylic acids is 1. The smallest absolute Gasteiger partial charge is 0.303 e. The van der Waals surface area contributed by atoms with Crippen molar-refractivity contribution in [1.82, 2.24) is 5.32 Å². The number of nitrogens with one attached hydrogen (secondary N) is 1. The molecule has 5 heteroatoms. The molecule has 0 saturated heterocycles. The molecule has 0 atom stereocenters. The summed E-state index contributed by atoms with van der Waals surface area (Å²) in [6.45, 7) is 3.33. The van der Waals surface area contributed by atoms with E-state index < -0.39 is 5.97 Å². The first-order chi connectivity index (χ1) is 6.77. The molecular formula is C9H19NO4. The van der Waals surface area contributed by atoms with Gasteiger partial charge < -0.3 is 19.9 Å². The summed E-state index contributed by atoms with van der Waals surface area (Å²) in [7, 11) is 1.63. The Kier molecular flexibility index (Phi) is 9.95. The van der Waals surface area contributed by atoms with Crippen molar-refractivity contribution < 1.29 is 19.4 Å². The third kappa shape index (κ3) is 11.4. The lowest BCUT2D eigenvalue weighted by atomic mass is 10.3. The highest BCUT2D eigenvalue weighted by Crippen LogP contribution is 1.85. The zero-order chi connectivity index (χ0) is 10.6. The van der Waals surface area contributed by atoms with Crippen molar-refractivity contribution >= 4 is 5.97 Å². The molecule has 0 unspecified atom stereocenters. The zero-order valence-corrected chi connectivity index (χ0v) is 8.62. The molecule has 84 valence electrons. The third-order valence-electron chi connectivity index (χ3n) is 1.60. The van der Waals surface area contributed by atoms with Gasteiger partial charge >= 0.3 is 5.97 Å². The van der Waals surface area contributed by atoms with Gasteiger partial charge in [0.25, 0.3) is 0 Å². The summed E-state index contributed by atoms with van der Waals surface area (Å²) >= 11 is 0. The molecule has 5 nitrogen and oxygen atoms in total. The largest absolute Gasteiger partial charge is 0.481 e. The van der Waals surface area contributed by atoms with Crippen LogP contribution in [0.1, 0.15) is 12.8 Å². The van der Waals surface area contributed by atoms with Gasteiger partial charge in [-0.3, -0.25) is 4.79 Å². The van der Waals surface area contributed by atoms with Crippen LogP contribution < -0.4 is 5.32 Å². The summed E-state index contributed by atoms with van der Waals surface area (Å²) in [6.07, 6.45) is 0.880. The standard InChI is InChI=1S/C9H19NO4/c1-13-7-8-14-6-5-10-4-2-3-9(11)12/h10H,2-8H2,1H3,(H,11,12). The second-order valence-electron chi connectivity index (χ2n) is 2.85. The number of methoxy groups -OCH3 is 1. The summed E-state index contributed by atoms with van der Waals surface area (Å²) in [4.78, 5) is 10.1. The lowest BCUT2D eigenvalue weighted by Gasteiger charge is -2.04. The van der Waals surface area contributed by atoms with E-state index in [1.807, 2.05) is 0 Å². The molecule has 0 aromatic heterocycles. The highest BCUT2D eigenvalue weighted by molar-refractivity contribution is 5.66. The molecule has 0 rings (SSSR count). The van der Waals surface area contributed by atoms with E-state index in [4.69, 9.17) is 14.6 Å². The maximum atomic E-state index is 10.1. The van der Waals surface area contributed by atoms with E-state index in [1.165, 1.54) is 0 Å². The maximum absolute atomic E-state index is 10.1. The van der Waals surface area contributed by atoms with E-state index in [-0.39, 0.29) is 6.42 Å². The van der Waals surface area contributed by atoms with Crippen LogP contribution in [-0.2, 0) is 14.3 Å². The van der Waals surface area contributed by atoms with E-state index in [2.05, 4.69) is 5.32 Å². The van der Waals surface area contributed by atoms with Crippen LogP contribution in [0.15, 0.2) is 0 Å². The molecular weight excluding hydrogens is 186 g/mol. The Morgan fingerprint density at radius 2 is 2.07 bits per heavy atom. The molecule has 0 amide bonds. The number of ether oxygens (including phenoxy) is 2. The van der Waals surface area contributed by atoms with Gasteiger partial charge in [0.1, 0.15) is 0 Å². The second kappa shape index (κ2) is 10.4. The van der Waals surface area contributed by atoms with Crippen LogP contribution in [0.2, 0.25) is 0 Å². The summed E-state index contributed by atoms with van der Waals surface area (Å²) in [5.74, 6) is -0.747. The molecule has 0 heterocycles. The molecule has 14 heavy (non-hydrogen) atoms. The summed E-state index contributed by atoms with van der Waals surface area (Å²) in [5.41, 5.74) is 0. The molecule has 0 aromatic rings. The van der Waals surface area contributed by atoms with Crippen molar-refractivity contribution in [2.45, 2.75) is 12.8 Å². The van der Waals surface area contributed by atoms with E-state index in [9.17, 15) is 4.79 Å². The van der Waals surface area contributed by atoms with Crippen LogP contribution in [-0.4, -0.2) is 51.1 Å². The fraction of sp³-hybridized carbons (Fsp3) is 0.889. The Hall–Kier alpha value is -0.650. The molecule has 0 spiro atoms. The molecule has 0 radical (unpaired) electrons. The van der Waals surface area contributed by atoms with Crippen LogP contribution in [0.25, 0.3) is 0 Å². The fourth-order valence-electron chi connectivity index (χ4n) is 0.878. The number of carbonyl (C=O) groups is 1. The van der Waals surface area contributed by atoms with Crippen LogP contribution in [0.3, 0.4) is 0 Å². The maximum Gasteiger partial charge on any atom is 0.303 e. The Bertz CT molecular complexity index is 141. The van der Waals surface area contributed by atoms with E-state index in [0.717, 1.165) is 13.1 Å². The minimum absolute atomic E-state index is 0.220. The molecule has 0 fully saturated rings. The monoisotopic (exact) mass is 205 g/mol. The number of carboxylic acid groups (broad SMARTS) is 1. The molecule has 0 aliphatic heterocycles. The van der Waals surface area contributed by atoms with Crippen molar-refractivity contribution in [3.05, 3.63) is 0 Å². The Morgan fingerprint density at radius 1 is 1.29 bits per heavy atom. The van der Waals surface area contributed by atoms with Gasteiger partial charge in [-0.15, -0.1) is 0 Å². The summed E-state index contributed by atoms with van der Waals surface area (Å²) < 4.78 is 10.0. The average molecular weight is 205 g/mol. The lowest BCUT2D eigenvalue weighted by molar-refractivity contribution is -0.137. The van der Waals surface area contributed by atoms with Gasteiger partial charge in [0.2, 0.25) is 0 Å². The summed E-state index contributed by atoms with van der Waals surface area (Å²) in [5, 5.41) is 11.4. The van der Waals surface area contributed by atoms with E-state index in [0.29, 0.717) is 26.2 Å². The summed E-state index contributed by atoms with van der Waals surface area (Å²) in [6, 6.07) is 0. The molecule has 0 aliphatic rings. The number of rotatable bonds is 10. The predicted octanol–water partition coefficient (Wildman–Crippen LogP) is 0.104. The molecule has 0 aromatic carbocycles. The van der Waals surface area contributed by atoms with Crippen molar-refractivity contribution in [2.24, 2.45) is 0 Å². The predicted molar refractivity (Wildman–Crippen MR) is 52.4 cm³/mol. The van der Waals surface area contributed by atoms with Crippen LogP contribution in [0, 0.1) is 0 Å². The van der Waals surface area contributed by atoms with E-state index >= 15 is 0 Å². The van der Waals surface area contributed by atoms with Crippen LogP contribution >= 0.6 is 0 Å². The van der Waals surface area contributed by atoms with Gasteiger partial charge in [0.15, 0.2) is 0 Å². The molecule has 0 bridgehead atoms. The second-order valence-corrected chi connectivity index (χ2v) is 2.85. The number of hydrogen-bond acceptors (Lipinski definition) is 4.